The molecule has 1 aliphatic heterocycles. The first-order chi connectivity index (χ1) is 13.9. The summed E-state index contributed by atoms with van der Waals surface area (Å²) in [7, 11) is 1.56. The topological polar surface area (TPSA) is 86.2 Å². The summed E-state index contributed by atoms with van der Waals surface area (Å²) in [4.78, 5) is 27.7. The van der Waals surface area contributed by atoms with Gasteiger partial charge in [-0.2, -0.15) is 0 Å². The third-order valence-corrected chi connectivity index (χ3v) is 4.50. The molecule has 7 nitrogen and oxygen atoms in total. The van der Waals surface area contributed by atoms with Crippen molar-refractivity contribution in [3.05, 3.63) is 57.7 Å². The maximum absolute atomic E-state index is 12.3. The largest absolute Gasteiger partial charge is 0.492 e. The Morgan fingerprint density at radius 3 is 2.62 bits per heavy atom. The monoisotopic (exact) mass is 458 g/mol. The van der Waals surface area contributed by atoms with Crippen molar-refractivity contribution in [2.45, 2.75) is 13.8 Å². The summed E-state index contributed by atoms with van der Waals surface area (Å²) in [5, 5.41) is 2.68. The van der Waals surface area contributed by atoms with Crippen LogP contribution in [0.2, 0.25) is 0 Å². The van der Waals surface area contributed by atoms with Gasteiger partial charge in [0.2, 0.25) is 11.8 Å². The summed E-state index contributed by atoms with van der Waals surface area (Å²) in [6.45, 7) is 3.78. The number of ether oxygens (including phenoxy) is 3. The number of carbonyl (C=O) groups excluding carboxylic acids is 2. The molecule has 0 atom stereocenters. The van der Waals surface area contributed by atoms with Crippen LogP contribution in [0.3, 0.4) is 0 Å². The Labute approximate surface area is 176 Å². The molecule has 0 bridgehead atoms. The van der Waals surface area contributed by atoms with E-state index in [0.717, 1.165) is 0 Å². The Kier molecular flexibility index (Phi) is 6.33. The van der Waals surface area contributed by atoms with Crippen LogP contribution in [0.25, 0.3) is 6.08 Å². The number of aliphatic imine (C=N–C) groups is 1. The minimum absolute atomic E-state index is 0.162. The number of halogens is 1. The number of carbonyl (C=O) groups is 2. The van der Waals surface area contributed by atoms with Gasteiger partial charge in [0.15, 0.2) is 17.2 Å². The number of hydrogen-bond donors (Lipinski definition) is 1. The SMILES string of the molecule is CCOc1cc(/C=C2\N=C(c3ccc(NC(C)=O)cc3)OC2=O)cc(Br)c1OC. The van der Waals surface area contributed by atoms with E-state index in [1.807, 2.05) is 6.92 Å². The van der Waals surface area contributed by atoms with E-state index in [0.29, 0.717) is 39.4 Å². The molecular formula is C21H19BrN2O5. The van der Waals surface area contributed by atoms with E-state index < -0.39 is 5.97 Å². The van der Waals surface area contributed by atoms with Crippen LogP contribution in [-0.2, 0) is 14.3 Å². The number of nitrogens with one attached hydrogen (secondary N) is 1. The minimum Gasteiger partial charge on any atom is -0.492 e. The fraction of sp³-hybridized carbons (Fsp3) is 0.190. The fourth-order valence-corrected chi connectivity index (χ4v) is 3.34. The lowest BCUT2D eigenvalue weighted by Crippen LogP contribution is -2.07. The van der Waals surface area contributed by atoms with E-state index >= 15 is 0 Å². The molecule has 0 spiro atoms. The van der Waals surface area contributed by atoms with Crippen molar-refractivity contribution in [1.82, 2.24) is 0 Å². The molecule has 1 aliphatic rings. The Morgan fingerprint density at radius 1 is 1.28 bits per heavy atom. The molecule has 0 fully saturated rings. The highest BCUT2D eigenvalue weighted by Crippen LogP contribution is 2.37. The van der Waals surface area contributed by atoms with Crippen LogP contribution in [0.5, 0.6) is 11.5 Å². The summed E-state index contributed by atoms with van der Waals surface area (Å²) >= 11 is 3.45. The maximum atomic E-state index is 12.3. The van der Waals surface area contributed by atoms with Gasteiger partial charge in [0.1, 0.15) is 0 Å². The predicted octanol–water partition coefficient (Wildman–Crippen LogP) is 4.16. The lowest BCUT2D eigenvalue weighted by atomic mass is 10.1. The van der Waals surface area contributed by atoms with Crippen LogP contribution in [0.1, 0.15) is 25.0 Å². The maximum Gasteiger partial charge on any atom is 0.363 e. The van der Waals surface area contributed by atoms with E-state index in [1.165, 1.54) is 6.92 Å². The molecule has 3 rings (SSSR count). The van der Waals surface area contributed by atoms with Crippen LogP contribution in [0, 0.1) is 0 Å². The highest BCUT2D eigenvalue weighted by atomic mass is 79.9. The Morgan fingerprint density at radius 2 is 2.00 bits per heavy atom. The van der Waals surface area contributed by atoms with Crippen LogP contribution in [0.4, 0.5) is 5.69 Å². The number of cyclic esters (lactones) is 1. The van der Waals surface area contributed by atoms with E-state index in [-0.39, 0.29) is 17.5 Å². The van der Waals surface area contributed by atoms with E-state index in [1.54, 1.807) is 49.6 Å². The summed E-state index contributed by atoms with van der Waals surface area (Å²) in [5.74, 6) is 0.626. The number of methoxy groups -OCH3 is 1. The molecule has 0 aromatic heterocycles. The fourth-order valence-electron chi connectivity index (χ4n) is 2.72. The van der Waals surface area contributed by atoms with Gasteiger partial charge >= 0.3 is 5.97 Å². The molecule has 1 heterocycles. The average molecular weight is 459 g/mol. The van der Waals surface area contributed by atoms with Gasteiger partial charge in [-0.05, 0) is 70.9 Å². The van der Waals surface area contributed by atoms with Crippen molar-refractivity contribution in [3.63, 3.8) is 0 Å². The first-order valence-corrected chi connectivity index (χ1v) is 9.61. The normalized spacial score (nSPS) is 14.4. The number of esters is 1. The van der Waals surface area contributed by atoms with Gasteiger partial charge in [-0.1, -0.05) is 0 Å². The van der Waals surface area contributed by atoms with Gasteiger partial charge < -0.3 is 19.5 Å². The van der Waals surface area contributed by atoms with Crippen LogP contribution < -0.4 is 14.8 Å². The Balaban J connectivity index is 1.89. The number of rotatable bonds is 6. The van der Waals surface area contributed by atoms with E-state index in [4.69, 9.17) is 14.2 Å². The lowest BCUT2D eigenvalue weighted by Gasteiger charge is -2.12. The second-order valence-electron chi connectivity index (χ2n) is 6.06. The lowest BCUT2D eigenvalue weighted by molar-refractivity contribution is -0.129. The number of benzene rings is 2. The van der Waals surface area contributed by atoms with Crippen molar-refractivity contribution in [2.75, 3.05) is 19.0 Å². The van der Waals surface area contributed by atoms with Gasteiger partial charge in [0, 0.05) is 18.2 Å². The minimum atomic E-state index is -0.546. The molecule has 0 unspecified atom stereocenters. The average Bonchev–Trinajstić information content (AvgIpc) is 3.02. The van der Waals surface area contributed by atoms with Crippen molar-refractivity contribution < 1.29 is 23.8 Å². The molecule has 1 N–H and O–H groups in total. The second kappa shape index (κ2) is 8.91. The van der Waals surface area contributed by atoms with E-state index in [2.05, 4.69) is 26.2 Å². The van der Waals surface area contributed by atoms with Gasteiger partial charge in [0.05, 0.1) is 18.2 Å². The summed E-state index contributed by atoms with van der Waals surface area (Å²) in [6.07, 6.45) is 1.62. The van der Waals surface area contributed by atoms with Crippen molar-refractivity contribution in [1.29, 1.82) is 0 Å². The zero-order valence-corrected chi connectivity index (χ0v) is 17.7. The van der Waals surface area contributed by atoms with Crippen molar-refractivity contribution in [3.8, 4) is 11.5 Å². The van der Waals surface area contributed by atoms with Crippen molar-refractivity contribution >= 4 is 45.5 Å². The number of anilines is 1. The predicted molar refractivity (Wildman–Crippen MR) is 113 cm³/mol. The third-order valence-electron chi connectivity index (χ3n) is 3.91. The smallest absolute Gasteiger partial charge is 0.363 e. The highest BCUT2D eigenvalue weighted by Gasteiger charge is 2.24. The zero-order chi connectivity index (χ0) is 21.0. The molecule has 2 aromatic rings. The molecule has 0 aliphatic carbocycles. The van der Waals surface area contributed by atoms with Gasteiger partial charge in [0.25, 0.3) is 0 Å². The molecule has 150 valence electrons. The Hall–Kier alpha value is -3.13. The number of nitrogens with zero attached hydrogens (tertiary/aromatic N) is 1. The quantitative estimate of drug-likeness (QED) is 0.518. The second-order valence-corrected chi connectivity index (χ2v) is 6.92. The Bertz CT molecular complexity index is 1010. The van der Waals surface area contributed by atoms with Gasteiger partial charge in [-0.15, -0.1) is 0 Å². The van der Waals surface area contributed by atoms with Crippen molar-refractivity contribution in [2.24, 2.45) is 4.99 Å². The molecule has 2 aromatic carbocycles. The first-order valence-electron chi connectivity index (χ1n) is 8.82. The standard InChI is InChI=1S/C21H19BrN2O5/c1-4-28-18-11-13(9-16(22)19(18)27-3)10-17-21(26)29-20(24-17)14-5-7-15(8-6-14)23-12(2)25/h5-11H,4H2,1-3H3,(H,23,25)/b17-10-. The molecule has 0 saturated carbocycles. The number of hydrogen-bond acceptors (Lipinski definition) is 6. The number of amides is 1. The van der Waals surface area contributed by atoms with Gasteiger partial charge in [-0.3, -0.25) is 4.79 Å². The molecule has 0 saturated heterocycles. The molecule has 1 amide bonds. The zero-order valence-electron chi connectivity index (χ0n) is 16.1. The van der Waals surface area contributed by atoms with Crippen LogP contribution >= 0.6 is 15.9 Å². The molecule has 29 heavy (non-hydrogen) atoms. The molecule has 8 heteroatoms. The molecular weight excluding hydrogens is 440 g/mol. The van der Waals surface area contributed by atoms with Gasteiger partial charge in [-0.25, -0.2) is 9.79 Å². The van der Waals surface area contributed by atoms with Crippen LogP contribution in [-0.4, -0.2) is 31.5 Å². The highest BCUT2D eigenvalue weighted by molar-refractivity contribution is 9.10. The van der Waals surface area contributed by atoms with Crippen LogP contribution in [0.15, 0.2) is 51.6 Å². The summed E-state index contributed by atoms with van der Waals surface area (Å²) in [5.41, 5.74) is 2.15. The first kappa shape index (κ1) is 20.6. The molecule has 0 radical (unpaired) electrons. The summed E-state index contributed by atoms with van der Waals surface area (Å²) < 4.78 is 16.9. The third kappa shape index (κ3) is 4.83. The van der Waals surface area contributed by atoms with E-state index in [9.17, 15) is 9.59 Å². The summed E-state index contributed by atoms with van der Waals surface area (Å²) in [6, 6.07) is 10.4.